The first-order chi connectivity index (χ1) is 50.4. The van der Waals surface area contributed by atoms with E-state index in [0.29, 0.717) is 34.7 Å². The molecule has 10 aromatic carbocycles. The molecule has 0 saturated heterocycles. The van der Waals surface area contributed by atoms with Crippen LogP contribution in [0, 0.1) is 0 Å². The van der Waals surface area contributed by atoms with Crippen LogP contribution in [0.1, 0.15) is 0 Å². The third kappa shape index (κ3) is 9.59. The summed E-state index contributed by atoms with van der Waals surface area (Å²) in [6.07, 6.45) is 9.94. The van der Waals surface area contributed by atoms with Gasteiger partial charge in [-0.1, -0.05) is 109 Å². The van der Waals surface area contributed by atoms with Gasteiger partial charge >= 0.3 is 0 Å². The van der Waals surface area contributed by atoms with E-state index >= 15 is 0 Å². The summed E-state index contributed by atoms with van der Waals surface area (Å²) in [6, 6.07) is 89.4. The van der Waals surface area contributed by atoms with Gasteiger partial charge in [0.05, 0.1) is 81.3 Å². The van der Waals surface area contributed by atoms with Crippen molar-refractivity contribution in [3.05, 3.63) is 298 Å². The fraction of sp³-hybridized carbons (Fsp3) is 0. The van der Waals surface area contributed by atoms with Gasteiger partial charge in [0.1, 0.15) is 33.5 Å². The van der Waals surface area contributed by atoms with Gasteiger partial charge in [-0.25, -0.2) is 4.98 Å². The van der Waals surface area contributed by atoms with Crippen molar-refractivity contribution in [3.63, 3.8) is 0 Å². The van der Waals surface area contributed by atoms with Crippen LogP contribution in [0.25, 0.3) is 222 Å². The lowest BCUT2D eigenvalue weighted by Gasteiger charge is -2.09. The van der Waals surface area contributed by atoms with Crippen molar-refractivity contribution in [3.8, 4) is 89.3 Å². The molecule has 13 nitrogen and oxygen atoms in total. The molecular formula is C89H49NO12. The molecule has 13 heteroatoms. The number of benzene rings is 10. The summed E-state index contributed by atoms with van der Waals surface area (Å²) >= 11 is 0. The minimum Gasteiger partial charge on any atom is -0.433 e. The molecule has 0 amide bonds. The van der Waals surface area contributed by atoms with Gasteiger partial charge in [-0.3, -0.25) is 0 Å². The van der Waals surface area contributed by atoms with Gasteiger partial charge in [0.15, 0.2) is 0 Å². The number of aromatic nitrogens is 1. The summed E-state index contributed by atoms with van der Waals surface area (Å²) < 4.78 is 67.2. The second kappa shape index (κ2) is 22.7. The molecule has 0 spiro atoms. The molecule has 0 aliphatic heterocycles. The van der Waals surface area contributed by atoms with Crippen LogP contribution in [0.5, 0.6) is 0 Å². The normalized spacial score (nSPS) is 11.9. The molecular weight excluding hydrogens is 1270 g/mol. The zero-order valence-corrected chi connectivity index (χ0v) is 53.6. The minimum absolute atomic E-state index is 0.544. The Hall–Kier alpha value is -14.2. The lowest BCUT2D eigenvalue weighted by atomic mass is 9.95. The van der Waals surface area contributed by atoms with Crippen LogP contribution in [0.15, 0.2) is 351 Å². The fourth-order valence-corrected chi connectivity index (χ4v) is 14.3. The van der Waals surface area contributed by atoms with Crippen LogP contribution in [0.2, 0.25) is 0 Å². The smallest absolute Gasteiger partial charge is 0.298 e. The van der Waals surface area contributed by atoms with Crippen LogP contribution in [0.4, 0.5) is 0 Å². The molecule has 0 saturated carbocycles. The van der Waals surface area contributed by atoms with E-state index in [1.165, 1.54) is 0 Å². The van der Waals surface area contributed by atoms with Crippen LogP contribution in [-0.4, -0.2) is 4.98 Å². The van der Waals surface area contributed by atoms with Crippen molar-refractivity contribution >= 4 is 133 Å². The van der Waals surface area contributed by atoms with E-state index in [9.17, 15) is 0 Å². The minimum atomic E-state index is 0.544. The first kappa shape index (κ1) is 57.0. The summed E-state index contributed by atoms with van der Waals surface area (Å²) in [5, 5.41) is 12.3. The van der Waals surface area contributed by atoms with E-state index in [0.717, 1.165) is 187 Å². The highest BCUT2D eigenvalue weighted by Gasteiger charge is 2.19. The van der Waals surface area contributed by atoms with Crippen molar-refractivity contribution in [2.45, 2.75) is 0 Å². The number of pyridine rings is 1. The second-order valence-corrected chi connectivity index (χ2v) is 25.3. The summed E-state index contributed by atoms with van der Waals surface area (Å²) in [5.74, 6) is 3.36. The van der Waals surface area contributed by atoms with Gasteiger partial charge in [0.25, 0.3) is 34.7 Å². The maximum Gasteiger partial charge on any atom is 0.298 e. The van der Waals surface area contributed by atoms with Crippen molar-refractivity contribution in [2.24, 2.45) is 0 Å². The van der Waals surface area contributed by atoms with Crippen molar-refractivity contribution in [1.82, 2.24) is 4.98 Å². The van der Waals surface area contributed by atoms with Gasteiger partial charge in [0, 0.05) is 43.4 Å². The molecule has 0 unspecified atom stereocenters. The zero-order chi connectivity index (χ0) is 66.9. The van der Waals surface area contributed by atoms with Gasteiger partial charge in [-0.2, -0.15) is 0 Å². The van der Waals surface area contributed by atoms with Gasteiger partial charge in [0.2, 0.25) is 0 Å². The lowest BCUT2D eigenvalue weighted by molar-refractivity contribution is 0.498. The maximum atomic E-state index is 5.79. The fourth-order valence-electron chi connectivity index (χ4n) is 14.3. The number of nitrogens with zero attached hydrogens (tertiary/aromatic N) is 1. The Morgan fingerprint density at radius 2 is 0.343 bits per heavy atom. The third-order valence-corrected chi connectivity index (χ3v) is 19.4. The van der Waals surface area contributed by atoms with Crippen molar-refractivity contribution in [2.75, 3.05) is 0 Å². The largest absolute Gasteiger partial charge is 0.433 e. The standard InChI is InChI=1S/C32H18O4.C31H17NO4.C26H14O4/c1-3-19(15-21(5-1)23-7-9-29-27(17-23)25-11-13-33-31(25)35-29)20-4-2-6-22(16-20)24-8-10-30-28(18-24)26-12-14-34-32(26)36-30;1-3-18(19-7-9-28-24(16-19)22-11-13-33-30(22)35-28)15-20(4-1)26-5-2-6-27(32-26)21-8-10-29-25(17-21)23-12-14-34-31(23)36-29;1-2-15(17-4-6-23-21(13-17)19-8-10-27-25(19)29-23)12-16(3-1)18-5-7-24-22(14-18)20-9-11-28-26(20)30-24/h1-18H;1-17H;1-14H. The number of rotatable bonds is 8. The van der Waals surface area contributed by atoms with E-state index in [-0.39, 0.29) is 0 Å². The predicted octanol–water partition coefficient (Wildman–Crippen LogP) is 26.7. The molecule has 0 radical (unpaired) electrons. The van der Waals surface area contributed by atoms with Gasteiger partial charge in [-0.05, 0) is 218 Å². The predicted molar refractivity (Wildman–Crippen MR) is 398 cm³/mol. The molecule has 23 rings (SSSR count). The van der Waals surface area contributed by atoms with E-state index in [1.807, 2.05) is 97.1 Å². The highest BCUT2D eigenvalue weighted by molar-refractivity contribution is 6.10. The summed E-state index contributed by atoms with van der Waals surface area (Å²) in [6.45, 7) is 0. The topological polar surface area (TPSA) is 171 Å². The van der Waals surface area contributed by atoms with E-state index < -0.39 is 0 Å². The number of furan rings is 12. The molecule has 482 valence electrons. The molecule has 23 aromatic rings. The highest BCUT2D eigenvalue weighted by Crippen LogP contribution is 2.42. The second-order valence-electron chi connectivity index (χ2n) is 25.3. The van der Waals surface area contributed by atoms with Crippen molar-refractivity contribution < 1.29 is 53.0 Å². The monoisotopic (exact) mass is 1320 g/mol. The molecule has 0 aliphatic rings. The highest BCUT2D eigenvalue weighted by atomic mass is 16.5. The van der Waals surface area contributed by atoms with Crippen LogP contribution in [0.3, 0.4) is 0 Å². The Bertz CT molecular complexity index is 6460. The van der Waals surface area contributed by atoms with Crippen LogP contribution in [-0.2, 0) is 0 Å². The first-order valence-electron chi connectivity index (χ1n) is 33.2. The maximum absolute atomic E-state index is 5.79. The molecule has 0 bridgehead atoms. The molecule has 13 aromatic heterocycles. The van der Waals surface area contributed by atoms with Crippen molar-refractivity contribution in [1.29, 1.82) is 0 Å². The molecule has 0 atom stereocenters. The van der Waals surface area contributed by atoms with Gasteiger partial charge < -0.3 is 53.0 Å². The SMILES string of the molecule is c1cc(-c2ccc3oc4occc4c3c2)cc(-c2ccc3oc4occc4c3c2)c1.c1cc(-c2ccc3oc4occc4c3c2)cc(-c2cccc(-c3ccc4oc5occc5c4c3)n2)c1.c1cc(-c2cccc(-c3ccc4oc5occc5c4c3)c2)cc(-c2ccc3oc4occc4c3c2)c1. The average molecular weight is 1320 g/mol. The van der Waals surface area contributed by atoms with Gasteiger partial charge in [-0.15, -0.1) is 0 Å². The Labute approximate surface area is 575 Å². The van der Waals surface area contributed by atoms with Crippen LogP contribution >= 0.6 is 0 Å². The first-order valence-corrected chi connectivity index (χ1v) is 33.2. The van der Waals surface area contributed by atoms with E-state index in [1.54, 1.807) is 37.6 Å². The summed E-state index contributed by atoms with van der Waals surface area (Å²) in [4.78, 5) is 5.00. The summed E-state index contributed by atoms with van der Waals surface area (Å²) in [7, 11) is 0. The lowest BCUT2D eigenvalue weighted by Crippen LogP contribution is -1.88. The quantitative estimate of drug-likeness (QED) is 0.141. The Kier molecular flexibility index (Phi) is 12.7. The Morgan fingerprint density at radius 3 is 0.598 bits per heavy atom. The molecule has 0 fully saturated rings. The molecule has 0 aliphatic carbocycles. The molecule has 102 heavy (non-hydrogen) atoms. The number of hydrogen-bond donors (Lipinski definition) is 0. The average Bonchev–Trinajstić information content (AvgIpc) is 1.63. The van der Waals surface area contributed by atoms with E-state index in [4.69, 9.17) is 58.0 Å². The zero-order valence-electron chi connectivity index (χ0n) is 53.6. The molecule has 13 heterocycles. The van der Waals surface area contributed by atoms with E-state index in [2.05, 4.69) is 164 Å². The number of fused-ring (bicyclic) bond motifs is 18. The Balaban J connectivity index is 0.0000001000. The molecule has 0 N–H and O–H groups in total. The van der Waals surface area contributed by atoms with Crippen LogP contribution < -0.4 is 0 Å². The Morgan fingerprint density at radius 1 is 0.157 bits per heavy atom. The summed E-state index contributed by atoms with van der Waals surface area (Å²) in [5.41, 5.74) is 22.5. The number of hydrogen-bond acceptors (Lipinski definition) is 13. The third-order valence-electron chi connectivity index (χ3n) is 19.4.